The molecular formula is C11H16Se. The Bertz CT molecular complexity index is 230. The van der Waals surface area contributed by atoms with Crippen LogP contribution < -0.4 is 4.46 Å². The molecule has 0 saturated carbocycles. The van der Waals surface area contributed by atoms with Crippen molar-refractivity contribution in [3.63, 3.8) is 0 Å². The quantitative estimate of drug-likeness (QED) is 0.544. The van der Waals surface area contributed by atoms with Gasteiger partial charge in [0.15, 0.2) is 0 Å². The van der Waals surface area contributed by atoms with Gasteiger partial charge in [-0.1, -0.05) is 0 Å². The van der Waals surface area contributed by atoms with Crippen LogP contribution in [-0.4, -0.2) is 16.0 Å². The van der Waals surface area contributed by atoms with Gasteiger partial charge in [-0.25, -0.2) is 0 Å². The standard InChI is InChI=1S/C11H16Se/c1-2-3-4-7-10-8-5-6-9-11(10)12/h5-6,8-9,12H,2-4,7H2,1H3. The van der Waals surface area contributed by atoms with Crippen molar-refractivity contribution in [3.8, 4) is 0 Å². The molecule has 0 N–H and O–H groups in total. The topological polar surface area (TPSA) is 0 Å². The molecule has 0 aliphatic rings. The zero-order chi connectivity index (χ0) is 8.81. The van der Waals surface area contributed by atoms with Gasteiger partial charge in [0.1, 0.15) is 0 Å². The fraction of sp³-hybridized carbons (Fsp3) is 0.455. The van der Waals surface area contributed by atoms with Crippen molar-refractivity contribution < 1.29 is 0 Å². The first kappa shape index (κ1) is 9.82. The van der Waals surface area contributed by atoms with Gasteiger partial charge in [0.2, 0.25) is 0 Å². The summed E-state index contributed by atoms with van der Waals surface area (Å²) in [6.07, 6.45) is 5.21. The third-order valence-corrected chi connectivity index (χ3v) is 2.96. The zero-order valence-corrected chi connectivity index (χ0v) is 9.46. The van der Waals surface area contributed by atoms with Crippen LogP contribution >= 0.6 is 0 Å². The van der Waals surface area contributed by atoms with Gasteiger partial charge < -0.3 is 0 Å². The molecule has 1 rings (SSSR count). The van der Waals surface area contributed by atoms with Crippen LogP contribution in [0.5, 0.6) is 0 Å². The Balaban J connectivity index is 2.46. The van der Waals surface area contributed by atoms with Crippen LogP contribution in [0.4, 0.5) is 0 Å². The van der Waals surface area contributed by atoms with Crippen molar-refractivity contribution in [2.45, 2.75) is 32.6 Å². The normalized spacial score (nSPS) is 10.2. The minimum absolute atomic E-state index is 1.23. The molecule has 0 unspecified atom stereocenters. The number of rotatable bonds is 4. The number of aryl methyl sites for hydroxylation is 1. The van der Waals surface area contributed by atoms with Crippen LogP contribution in [0.2, 0.25) is 0 Å². The average molecular weight is 227 g/mol. The van der Waals surface area contributed by atoms with E-state index in [1.807, 2.05) is 0 Å². The zero-order valence-electron chi connectivity index (χ0n) is 7.59. The third-order valence-electron chi connectivity index (χ3n) is 2.04. The molecule has 0 aromatic heterocycles. The molecule has 0 aliphatic carbocycles. The molecule has 1 aromatic carbocycles. The summed E-state index contributed by atoms with van der Waals surface area (Å²) in [5, 5.41) is 0. The van der Waals surface area contributed by atoms with Crippen LogP contribution in [0.3, 0.4) is 0 Å². The molecule has 0 nitrogen and oxygen atoms in total. The maximum atomic E-state index is 2.65. The predicted molar refractivity (Wildman–Crippen MR) is 56.5 cm³/mol. The molecule has 0 radical (unpaired) electrons. The first-order chi connectivity index (χ1) is 5.84. The third kappa shape index (κ3) is 3.00. The van der Waals surface area contributed by atoms with Gasteiger partial charge in [0.25, 0.3) is 0 Å². The van der Waals surface area contributed by atoms with Crippen molar-refractivity contribution in [2.75, 3.05) is 0 Å². The van der Waals surface area contributed by atoms with E-state index in [1.165, 1.54) is 35.7 Å². The monoisotopic (exact) mass is 228 g/mol. The molecule has 1 aromatic rings. The van der Waals surface area contributed by atoms with E-state index >= 15 is 0 Å². The molecule has 0 spiro atoms. The van der Waals surface area contributed by atoms with Crippen molar-refractivity contribution in [3.05, 3.63) is 29.8 Å². The van der Waals surface area contributed by atoms with Crippen molar-refractivity contribution in [1.29, 1.82) is 0 Å². The van der Waals surface area contributed by atoms with Gasteiger partial charge in [-0.05, 0) is 0 Å². The summed E-state index contributed by atoms with van der Waals surface area (Å²) in [6.45, 7) is 2.24. The summed E-state index contributed by atoms with van der Waals surface area (Å²) < 4.78 is 1.38. The summed E-state index contributed by atoms with van der Waals surface area (Å²) >= 11 is 2.65. The Morgan fingerprint density at radius 2 is 1.92 bits per heavy atom. The van der Waals surface area contributed by atoms with E-state index in [1.54, 1.807) is 0 Å². The van der Waals surface area contributed by atoms with Gasteiger partial charge >= 0.3 is 82.9 Å². The summed E-state index contributed by atoms with van der Waals surface area (Å²) in [5.41, 5.74) is 1.49. The molecule has 12 heavy (non-hydrogen) atoms. The Hall–Kier alpha value is -0.261. The van der Waals surface area contributed by atoms with E-state index in [2.05, 4.69) is 47.2 Å². The molecule has 0 heterocycles. The van der Waals surface area contributed by atoms with Crippen molar-refractivity contribution in [1.82, 2.24) is 0 Å². The van der Waals surface area contributed by atoms with Crippen LogP contribution in [0, 0.1) is 0 Å². The maximum absolute atomic E-state index is 2.65. The van der Waals surface area contributed by atoms with Crippen LogP contribution in [-0.2, 0) is 6.42 Å². The predicted octanol–water partition coefficient (Wildman–Crippen LogP) is 1.95. The van der Waals surface area contributed by atoms with Crippen LogP contribution in [0.1, 0.15) is 31.7 Å². The second-order valence-corrected chi connectivity index (χ2v) is 4.10. The summed E-state index contributed by atoms with van der Waals surface area (Å²) in [4.78, 5) is 0. The van der Waals surface area contributed by atoms with E-state index in [0.29, 0.717) is 0 Å². The Morgan fingerprint density at radius 1 is 1.17 bits per heavy atom. The number of benzene rings is 1. The van der Waals surface area contributed by atoms with Crippen molar-refractivity contribution in [2.24, 2.45) is 0 Å². The molecule has 0 bridgehead atoms. The average Bonchev–Trinajstić information content (AvgIpc) is 2.09. The minimum atomic E-state index is 1.23. The summed E-state index contributed by atoms with van der Waals surface area (Å²) in [7, 11) is 0. The van der Waals surface area contributed by atoms with Gasteiger partial charge in [-0.2, -0.15) is 0 Å². The van der Waals surface area contributed by atoms with Crippen LogP contribution in [0.15, 0.2) is 24.3 Å². The molecule has 1 heteroatoms. The van der Waals surface area contributed by atoms with Gasteiger partial charge in [-0.3, -0.25) is 0 Å². The van der Waals surface area contributed by atoms with Gasteiger partial charge in [0, 0.05) is 0 Å². The second kappa shape index (κ2) is 5.40. The Kier molecular flexibility index (Phi) is 4.42. The summed E-state index contributed by atoms with van der Waals surface area (Å²) in [6, 6.07) is 8.61. The molecule has 0 aliphatic heterocycles. The molecule has 0 amide bonds. The second-order valence-electron chi connectivity index (χ2n) is 3.09. The first-order valence-corrected chi connectivity index (χ1v) is 5.55. The molecule has 0 fully saturated rings. The number of hydrogen-bond donors (Lipinski definition) is 0. The fourth-order valence-electron chi connectivity index (χ4n) is 1.29. The number of unbranched alkanes of at least 4 members (excludes halogenated alkanes) is 2. The Labute approximate surface area is 83.2 Å². The fourth-order valence-corrected chi connectivity index (χ4v) is 1.86. The van der Waals surface area contributed by atoms with E-state index in [9.17, 15) is 0 Å². The number of hydrogen-bond acceptors (Lipinski definition) is 0. The van der Waals surface area contributed by atoms with Crippen LogP contribution in [0.25, 0.3) is 0 Å². The van der Waals surface area contributed by atoms with E-state index in [4.69, 9.17) is 0 Å². The van der Waals surface area contributed by atoms with E-state index < -0.39 is 0 Å². The molecule has 0 atom stereocenters. The van der Waals surface area contributed by atoms with E-state index in [0.717, 1.165) is 0 Å². The van der Waals surface area contributed by atoms with Gasteiger partial charge in [-0.15, -0.1) is 0 Å². The molecule has 66 valence electrons. The SMILES string of the molecule is CCCCCc1ccccc1[SeH]. The molecule has 0 saturated heterocycles. The summed E-state index contributed by atoms with van der Waals surface area (Å²) in [5.74, 6) is 0. The molecular weight excluding hydrogens is 211 g/mol. The Morgan fingerprint density at radius 3 is 2.58 bits per heavy atom. The first-order valence-electron chi connectivity index (χ1n) is 4.61. The van der Waals surface area contributed by atoms with Gasteiger partial charge in [0.05, 0.1) is 0 Å². The van der Waals surface area contributed by atoms with Crippen molar-refractivity contribution >= 4 is 20.5 Å². The van der Waals surface area contributed by atoms with E-state index in [-0.39, 0.29) is 0 Å².